The van der Waals surface area contributed by atoms with E-state index in [0.29, 0.717) is 11.1 Å². The summed E-state index contributed by atoms with van der Waals surface area (Å²) in [5.41, 5.74) is 0.641. The minimum Gasteiger partial charge on any atom is -0.208 e. The second kappa shape index (κ2) is 5.62. The van der Waals surface area contributed by atoms with E-state index >= 15 is 0 Å². The molecule has 0 bridgehead atoms. The molecule has 3 rings (SSSR count). The molecular formula is C17H14ClN3. The van der Waals surface area contributed by atoms with Crippen LogP contribution in [0.5, 0.6) is 0 Å². The van der Waals surface area contributed by atoms with Crippen LogP contribution in [0.4, 0.5) is 0 Å². The lowest BCUT2D eigenvalue weighted by molar-refractivity contribution is 1.06. The van der Waals surface area contributed by atoms with Crippen molar-refractivity contribution in [2.24, 2.45) is 0 Å². The van der Waals surface area contributed by atoms with Crippen molar-refractivity contribution in [3.05, 3.63) is 64.7 Å². The Morgan fingerprint density at radius 1 is 0.810 bits per heavy atom. The smallest absolute Gasteiger partial charge is 0.208 e. The first-order chi connectivity index (χ1) is 13.5. The number of nitrogens with zero attached hydrogens (tertiary/aromatic N) is 3. The summed E-state index contributed by atoms with van der Waals surface area (Å²) < 4.78 is 64.1. The van der Waals surface area contributed by atoms with E-state index in [1.54, 1.807) is 13.8 Å². The van der Waals surface area contributed by atoms with Crippen molar-refractivity contribution >= 4 is 11.6 Å². The topological polar surface area (TPSA) is 38.7 Å². The van der Waals surface area contributed by atoms with Gasteiger partial charge in [-0.25, -0.2) is 4.98 Å². The van der Waals surface area contributed by atoms with Gasteiger partial charge in [0.2, 0.25) is 5.28 Å². The van der Waals surface area contributed by atoms with Crippen LogP contribution in [0.3, 0.4) is 0 Å². The van der Waals surface area contributed by atoms with E-state index in [0.717, 1.165) is 0 Å². The molecule has 21 heavy (non-hydrogen) atoms. The summed E-state index contributed by atoms with van der Waals surface area (Å²) in [5.74, 6) is -0.459. The Labute approximate surface area is 139 Å². The molecule has 3 aromatic rings. The fourth-order valence-corrected chi connectivity index (χ4v) is 1.77. The molecule has 0 spiro atoms. The van der Waals surface area contributed by atoms with Gasteiger partial charge in [0.05, 0.1) is 11.0 Å². The Balaban J connectivity index is 2.37. The molecule has 0 radical (unpaired) electrons. The molecule has 0 N–H and O–H groups in total. The van der Waals surface area contributed by atoms with Gasteiger partial charge in [-0.3, -0.25) is 0 Å². The van der Waals surface area contributed by atoms with Crippen molar-refractivity contribution in [3.8, 4) is 22.8 Å². The van der Waals surface area contributed by atoms with Gasteiger partial charge in [-0.15, -0.1) is 0 Å². The molecule has 0 saturated heterocycles. The molecular weight excluding hydrogens is 282 g/mol. The van der Waals surface area contributed by atoms with Gasteiger partial charge in [0.15, 0.2) is 11.6 Å². The van der Waals surface area contributed by atoms with Crippen molar-refractivity contribution < 1.29 is 11.0 Å². The third-order valence-electron chi connectivity index (χ3n) is 2.81. The predicted octanol–water partition coefficient (Wildman–Crippen LogP) is 4.48. The molecule has 0 aliphatic carbocycles. The summed E-state index contributed by atoms with van der Waals surface area (Å²) in [4.78, 5) is 12.0. The SMILES string of the molecule is [2H]c1c([2H])c([2H])c(-c2nc(Cl)nc(-c3c([2H])c([2H])c(C)c(C)c3[2H])n2)c([2H])c1[2H]. The van der Waals surface area contributed by atoms with Crippen molar-refractivity contribution in [1.29, 1.82) is 0 Å². The van der Waals surface area contributed by atoms with Crippen molar-refractivity contribution in [2.75, 3.05) is 0 Å². The Kier molecular flexibility index (Phi) is 1.91. The third-order valence-corrected chi connectivity index (χ3v) is 2.97. The number of rotatable bonds is 2. The van der Waals surface area contributed by atoms with Crippen LogP contribution in [0, 0.1) is 13.8 Å². The fourth-order valence-electron chi connectivity index (χ4n) is 1.61. The zero-order valence-electron chi connectivity index (χ0n) is 19.2. The Morgan fingerprint density at radius 2 is 1.48 bits per heavy atom. The van der Waals surface area contributed by atoms with E-state index in [1.807, 2.05) is 0 Å². The molecule has 0 aliphatic rings. The standard InChI is InChI=1S/C17H14ClN3/c1-11-8-9-14(10-12(11)2)16-19-15(20-17(18)21-16)13-6-4-3-5-7-13/h3-10H,1-2H3/i3D,4D,5D,6D,7D,8D,9D,10D. The highest BCUT2D eigenvalue weighted by Crippen LogP contribution is 2.23. The highest BCUT2D eigenvalue weighted by atomic mass is 35.5. The zero-order valence-corrected chi connectivity index (χ0v) is 12.0. The van der Waals surface area contributed by atoms with Crippen LogP contribution < -0.4 is 0 Å². The zero-order chi connectivity index (χ0) is 21.8. The van der Waals surface area contributed by atoms with Gasteiger partial charge in [-0.2, -0.15) is 9.97 Å². The maximum absolute atomic E-state index is 8.33. The van der Waals surface area contributed by atoms with Crippen molar-refractivity contribution in [3.63, 3.8) is 0 Å². The first-order valence-corrected chi connectivity index (χ1v) is 6.41. The monoisotopic (exact) mass is 303 g/mol. The Hall–Kier alpha value is -2.26. The first-order valence-electron chi connectivity index (χ1n) is 10.0. The highest BCUT2D eigenvalue weighted by Gasteiger charge is 2.09. The largest absolute Gasteiger partial charge is 0.226 e. The van der Waals surface area contributed by atoms with Crippen LogP contribution in [-0.4, -0.2) is 15.0 Å². The quantitative estimate of drug-likeness (QED) is 0.701. The predicted molar refractivity (Wildman–Crippen MR) is 85.2 cm³/mol. The summed E-state index contributed by atoms with van der Waals surface area (Å²) in [5, 5.41) is -0.333. The van der Waals surface area contributed by atoms with Gasteiger partial charge in [-0.1, -0.05) is 42.3 Å². The van der Waals surface area contributed by atoms with E-state index in [1.165, 1.54) is 0 Å². The van der Waals surface area contributed by atoms with Crippen molar-refractivity contribution in [2.45, 2.75) is 13.8 Å². The molecule has 104 valence electrons. The van der Waals surface area contributed by atoms with Crippen LogP contribution in [0.1, 0.15) is 22.1 Å². The first kappa shape index (κ1) is 7.14. The lowest BCUT2D eigenvalue weighted by atomic mass is 10.1. The van der Waals surface area contributed by atoms with Crippen LogP contribution in [0.2, 0.25) is 5.28 Å². The van der Waals surface area contributed by atoms with E-state index in [2.05, 4.69) is 15.0 Å². The van der Waals surface area contributed by atoms with Crippen molar-refractivity contribution in [1.82, 2.24) is 15.0 Å². The fraction of sp³-hybridized carbons (Fsp3) is 0.118. The summed E-state index contributed by atoms with van der Waals surface area (Å²) in [6.07, 6.45) is 0. The van der Waals surface area contributed by atoms with Gasteiger partial charge < -0.3 is 0 Å². The third kappa shape index (κ3) is 2.93. The lowest BCUT2D eigenvalue weighted by Gasteiger charge is -2.06. The number of halogens is 1. The molecule has 4 heteroatoms. The van der Waals surface area contributed by atoms with Crippen LogP contribution in [0.25, 0.3) is 22.8 Å². The average molecular weight is 304 g/mol. The molecule has 1 aromatic heterocycles. The number of hydrogen-bond acceptors (Lipinski definition) is 3. The van der Waals surface area contributed by atoms with Gasteiger partial charge >= 0.3 is 0 Å². The highest BCUT2D eigenvalue weighted by molar-refractivity contribution is 6.28. The van der Waals surface area contributed by atoms with E-state index < -0.39 is 30.2 Å². The number of benzene rings is 2. The number of aromatic nitrogens is 3. The van der Waals surface area contributed by atoms with Gasteiger partial charge in [0, 0.05) is 11.1 Å². The van der Waals surface area contributed by atoms with E-state index in [-0.39, 0.29) is 46.2 Å². The molecule has 2 aromatic carbocycles. The summed E-state index contributed by atoms with van der Waals surface area (Å²) in [7, 11) is 0. The van der Waals surface area contributed by atoms with Crippen LogP contribution in [-0.2, 0) is 0 Å². The molecule has 0 unspecified atom stereocenters. The van der Waals surface area contributed by atoms with Crippen LogP contribution >= 0.6 is 11.6 Å². The van der Waals surface area contributed by atoms with Gasteiger partial charge in [0.1, 0.15) is 0 Å². The molecule has 0 amide bonds. The Bertz CT molecular complexity index is 1040. The molecule has 3 nitrogen and oxygen atoms in total. The minimum atomic E-state index is -0.556. The second-order valence-electron chi connectivity index (χ2n) is 4.25. The van der Waals surface area contributed by atoms with E-state index in [9.17, 15) is 0 Å². The van der Waals surface area contributed by atoms with E-state index in [4.69, 9.17) is 22.6 Å². The van der Waals surface area contributed by atoms with Gasteiger partial charge in [-0.05, 0) is 42.6 Å². The summed E-state index contributed by atoms with van der Waals surface area (Å²) in [6.45, 7) is 3.27. The summed E-state index contributed by atoms with van der Waals surface area (Å²) >= 11 is 6.00. The summed E-state index contributed by atoms with van der Waals surface area (Å²) in [6, 6.07) is -3.11. The maximum Gasteiger partial charge on any atom is 0.226 e. The molecule has 0 aliphatic heterocycles. The van der Waals surface area contributed by atoms with Crippen LogP contribution in [0.15, 0.2) is 48.3 Å². The minimum absolute atomic E-state index is 0.0454. The normalized spacial score (nSPS) is 16.0. The lowest BCUT2D eigenvalue weighted by Crippen LogP contribution is -1.97. The second-order valence-corrected chi connectivity index (χ2v) is 4.59. The molecule has 1 heterocycles. The van der Waals surface area contributed by atoms with Gasteiger partial charge in [0.25, 0.3) is 0 Å². The molecule has 0 fully saturated rings. The Morgan fingerprint density at radius 3 is 2.19 bits per heavy atom. The average Bonchev–Trinajstić information content (AvgIpc) is 2.67. The number of hydrogen-bond donors (Lipinski definition) is 0. The maximum atomic E-state index is 8.33. The molecule has 0 saturated carbocycles. The molecule has 0 atom stereocenters.